The van der Waals surface area contributed by atoms with Gasteiger partial charge in [0.2, 0.25) is 0 Å². The number of carbonyl (C=O) groups excluding carboxylic acids is 1. The molecule has 2 aromatic rings. The van der Waals surface area contributed by atoms with Crippen molar-refractivity contribution < 1.29 is 14.3 Å². The number of nitrogens with zero attached hydrogens (tertiary/aromatic N) is 4. The highest BCUT2D eigenvalue weighted by Crippen LogP contribution is 2.15. The van der Waals surface area contributed by atoms with Crippen LogP contribution in [0, 0.1) is 0 Å². The van der Waals surface area contributed by atoms with Crippen LogP contribution in [-0.4, -0.2) is 45.6 Å². The van der Waals surface area contributed by atoms with E-state index >= 15 is 0 Å². The van der Waals surface area contributed by atoms with E-state index in [4.69, 9.17) is 9.47 Å². The largest absolute Gasteiger partial charge is 0.353 e. The molecule has 0 bridgehead atoms. The minimum absolute atomic E-state index is 0.00261. The number of anilines is 2. The first-order valence-corrected chi connectivity index (χ1v) is 10.2. The summed E-state index contributed by atoms with van der Waals surface area (Å²) in [5.74, 6) is 0.188. The summed E-state index contributed by atoms with van der Waals surface area (Å²) in [7, 11) is 0. The second-order valence-corrected chi connectivity index (χ2v) is 6.97. The second-order valence-electron chi connectivity index (χ2n) is 6.97. The number of rotatable bonds is 11. The average Bonchev–Trinajstić information content (AvgIpc) is 3.20. The molecule has 28 heavy (non-hydrogen) atoms. The highest BCUT2D eigenvalue weighted by Gasteiger charge is 2.13. The summed E-state index contributed by atoms with van der Waals surface area (Å²) in [4.78, 5) is 13.2. The van der Waals surface area contributed by atoms with Crippen molar-refractivity contribution in [3.8, 4) is 0 Å². The lowest BCUT2D eigenvalue weighted by molar-refractivity contribution is -0.162. The zero-order valence-electron chi connectivity index (χ0n) is 16.3. The molecule has 0 aliphatic carbocycles. The predicted octanol–water partition coefficient (Wildman–Crippen LogP) is 3.94. The molecule has 2 heterocycles. The molecule has 1 fully saturated rings. The lowest BCUT2D eigenvalue weighted by Crippen LogP contribution is -2.22. The zero-order valence-corrected chi connectivity index (χ0v) is 16.3. The molecule has 1 unspecified atom stereocenters. The van der Waals surface area contributed by atoms with Gasteiger partial charge in [-0.2, -0.15) is 0 Å². The van der Waals surface area contributed by atoms with E-state index in [9.17, 15) is 4.79 Å². The molecule has 1 N–H and O–H groups in total. The number of hydrogen-bond acceptors (Lipinski definition) is 7. The fourth-order valence-electron chi connectivity index (χ4n) is 3.09. The third-order valence-electron chi connectivity index (χ3n) is 4.64. The maximum atomic E-state index is 12.2. The Labute approximate surface area is 165 Å². The van der Waals surface area contributed by atoms with Gasteiger partial charge < -0.3 is 14.8 Å². The highest BCUT2D eigenvalue weighted by atomic mass is 16.7. The van der Waals surface area contributed by atoms with Crippen molar-refractivity contribution in [2.24, 2.45) is 0 Å². The maximum absolute atomic E-state index is 12.2. The van der Waals surface area contributed by atoms with Crippen LogP contribution in [0.3, 0.4) is 0 Å². The number of benzene rings is 1. The van der Waals surface area contributed by atoms with Gasteiger partial charge in [0, 0.05) is 25.3 Å². The van der Waals surface area contributed by atoms with Gasteiger partial charge in [-0.15, -0.1) is 5.10 Å². The van der Waals surface area contributed by atoms with E-state index in [1.54, 1.807) is 0 Å². The van der Waals surface area contributed by atoms with E-state index in [0.717, 1.165) is 68.6 Å². The molecule has 8 nitrogen and oxygen atoms in total. The number of unbranched alkanes of at least 4 members (excludes halogenated alkanes) is 4. The molecule has 0 spiro atoms. The topological polar surface area (TPSA) is 91.2 Å². The Hall–Kier alpha value is -2.32. The van der Waals surface area contributed by atoms with Crippen LogP contribution in [0.4, 0.5) is 11.6 Å². The van der Waals surface area contributed by atoms with E-state index in [2.05, 4.69) is 20.7 Å². The molecular weight excluding hydrogens is 358 g/mol. The van der Waals surface area contributed by atoms with E-state index < -0.39 is 0 Å². The highest BCUT2D eigenvalue weighted by molar-refractivity contribution is 5.76. The van der Waals surface area contributed by atoms with Crippen LogP contribution in [0.2, 0.25) is 0 Å². The lowest BCUT2D eigenvalue weighted by atomic mass is 10.1. The zero-order chi connectivity index (χ0) is 19.4. The number of ether oxygens (including phenoxy) is 2. The molecule has 0 radical (unpaired) electrons. The summed E-state index contributed by atoms with van der Waals surface area (Å²) in [6.07, 6.45) is 8.85. The van der Waals surface area contributed by atoms with E-state index in [1.807, 2.05) is 30.3 Å². The first kappa shape index (κ1) is 20.4. The Morgan fingerprint density at radius 2 is 1.96 bits per heavy atom. The van der Waals surface area contributed by atoms with Gasteiger partial charge in [0.25, 0.3) is 11.9 Å². The van der Waals surface area contributed by atoms with Gasteiger partial charge in [-0.3, -0.25) is 4.79 Å². The van der Waals surface area contributed by atoms with E-state index in [1.165, 1.54) is 6.42 Å². The summed E-state index contributed by atoms with van der Waals surface area (Å²) in [6, 6.07) is 9.55. The Kier molecular flexibility index (Phi) is 8.39. The fourth-order valence-corrected chi connectivity index (χ4v) is 3.09. The summed E-state index contributed by atoms with van der Waals surface area (Å²) in [5.41, 5.74) is 0.855. The first-order valence-electron chi connectivity index (χ1n) is 10.2. The smallest absolute Gasteiger partial charge is 0.268 e. The molecule has 1 aromatic heterocycles. The number of nitrogens with one attached hydrogen (secondary N) is 1. The normalized spacial score (nSPS) is 16.8. The lowest BCUT2D eigenvalue weighted by Gasteiger charge is -2.22. The van der Waals surface area contributed by atoms with Crippen LogP contribution in [0.5, 0.6) is 0 Å². The monoisotopic (exact) mass is 387 g/mol. The number of para-hydroxylation sites is 1. The molecule has 1 atom stereocenters. The molecule has 8 heteroatoms. The number of tetrazole rings is 1. The van der Waals surface area contributed by atoms with Crippen molar-refractivity contribution in [2.45, 2.75) is 64.1 Å². The van der Waals surface area contributed by atoms with Crippen LogP contribution >= 0.6 is 0 Å². The van der Waals surface area contributed by atoms with Gasteiger partial charge in [0.1, 0.15) is 0 Å². The SMILES string of the molecule is O=C(CCCCCCCOC1CCCCO1)n1nnc(Nc2ccccc2)n1. The van der Waals surface area contributed by atoms with Gasteiger partial charge in [-0.25, -0.2) is 0 Å². The van der Waals surface area contributed by atoms with Crippen molar-refractivity contribution in [3.63, 3.8) is 0 Å². The van der Waals surface area contributed by atoms with Gasteiger partial charge >= 0.3 is 0 Å². The van der Waals surface area contributed by atoms with Gasteiger partial charge in [0.15, 0.2) is 6.29 Å². The number of carbonyl (C=O) groups is 1. The van der Waals surface area contributed by atoms with Crippen molar-refractivity contribution in [1.29, 1.82) is 0 Å². The first-order chi connectivity index (χ1) is 13.8. The third kappa shape index (κ3) is 7.01. The predicted molar refractivity (Wildman–Crippen MR) is 105 cm³/mol. The Morgan fingerprint density at radius 1 is 1.14 bits per heavy atom. The molecule has 3 rings (SSSR count). The molecule has 152 valence electrons. The average molecular weight is 387 g/mol. The molecule has 0 saturated carbocycles. The van der Waals surface area contributed by atoms with Gasteiger partial charge in [0.05, 0.1) is 0 Å². The van der Waals surface area contributed by atoms with Crippen LogP contribution in [0.15, 0.2) is 30.3 Å². The standard InChI is InChI=1S/C20H29N5O3/c26-18(25-23-20(22-24-25)21-17-11-5-4-6-12-17)13-7-2-1-3-9-15-27-19-14-8-10-16-28-19/h4-6,11-12,19H,1-3,7-10,13-16H2,(H,21,23). The van der Waals surface area contributed by atoms with Crippen LogP contribution in [0.25, 0.3) is 0 Å². The Bertz CT molecular complexity index is 701. The summed E-state index contributed by atoms with van der Waals surface area (Å²) >= 11 is 0. The Balaban J connectivity index is 1.23. The minimum Gasteiger partial charge on any atom is -0.353 e. The van der Waals surface area contributed by atoms with Crippen molar-refractivity contribution in [1.82, 2.24) is 20.2 Å². The summed E-state index contributed by atoms with van der Waals surface area (Å²) in [6.45, 7) is 1.58. The van der Waals surface area contributed by atoms with Crippen molar-refractivity contribution in [2.75, 3.05) is 18.5 Å². The molecule has 1 saturated heterocycles. The molecule has 0 amide bonds. The van der Waals surface area contributed by atoms with Crippen LogP contribution in [-0.2, 0) is 9.47 Å². The van der Waals surface area contributed by atoms with Gasteiger partial charge in [-0.05, 0) is 49.5 Å². The third-order valence-corrected chi connectivity index (χ3v) is 4.64. The van der Waals surface area contributed by atoms with Gasteiger partial charge in [-0.1, -0.05) is 47.4 Å². The number of aromatic nitrogens is 4. The van der Waals surface area contributed by atoms with Crippen molar-refractivity contribution >= 4 is 17.5 Å². The molecular formula is C20H29N5O3. The van der Waals surface area contributed by atoms with Crippen molar-refractivity contribution in [3.05, 3.63) is 30.3 Å². The van der Waals surface area contributed by atoms with Crippen LogP contribution in [0.1, 0.15) is 62.6 Å². The second kappa shape index (κ2) is 11.5. The molecule has 1 aliphatic heterocycles. The van der Waals surface area contributed by atoms with E-state index in [0.29, 0.717) is 12.4 Å². The molecule has 1 aliphatic rings. The summed E-state index contributed by atoms with van der Waals surface area (Å²) in [5, 5.41) is 14.8. The van der Waals surface area contributed by atoms with Crippen LogP contribution < -0.4 is 5.32 Å². The Morgan fingerprint density at radius 3 is 2.79 bits per heavy atom. The quantitative estimate of drug-likeness (QED) is 0.584. The number of hydrogen-bond donors (Lipinski definition) is 1. The maximum Gasteiger partial charge on any atom is 0.268 e. The fraction of sp³-hybridized carbons (Fsp3) is 0.600. The minimum atomic E-state index is -0.133. The van der Waals surface area contributed by atoms with E-state index in [-0.39, 0.29) is 12.2 Å². The molecule has 1 aromatic carbocycles. The summed E-state index contributed by atoms with van der Waals surface area (Å²) < 4.78 is 11.3.